The molecule has 17 heavy (non-hydrogen) atoms. The predicted octanol–water partition coefficient (Wildman–Crippen LogP) is 3.69. The Morgan fingerprint density at radius 3 is 2.41 bits per heavy atom. The summed E-state index contributed by atoms with van der Waals surface area (Å²) in [5.74, 6) is 0.598. The highest BCUT2D eigenvalue weighted by molar-refractivity contribution is 5.28. The molecule has 0 bridgehead atoms. The Hall–Kier alpha value is -0.860. The van der Waals surface area contributed by atoms with E-state index in [2.05, 4.69) is 13.8 Å². The molecule has 1 N–H and O–H groups in total. The maximum atomic E-state index is 10.3. The second-order valence-corrected chi connectivity index (χ2v) is 4.57. The topological polar surface area (TPSA) is 29.5 Å². The molecule has 1 unspecified atom stereocenters. The summed E-state index contributed by atoms with van der Waals surface area (Å²) in [6.07, 6.45) is 2.72. The fourth-order valence-electron chi connectivity index (χ4n) is 2.21. The van der Waals surface area contributed by atoms with Crippen LogP contribution in [0.1, 0.15) is 50.3 Å². The number of rotatable bonds is 7. The molecular weight excluding hydrogens is 212 g/mol. The third kappa shape index (κ3) is 4.14. The Bertz CT molecular complexity index is 318. The molecule has 2 heteroatoms. The van der Waals surface area contributed by atoms with Crippen molar-refractivity contribution in [2.75, 3.05) is 7.11 Å². The summed E-state index contributed by atoms with van der Waals surface area (Å²) >= 11 is 0. The third-order valence-electron chi connectivity index (χ3n) is 3.43. The van der Waals surface area contributed by atoms with Crippen molar-refractivity contribution in [2.24, 2.45) is 5.92 Å². The normalized spacial score (nSPS) is 13.0. The molecule has 0 heterocycles. The molecule has 0 fully saturated rings. The lowest BCUT2D eigenvalue weighted by atomic mass is 9.91. The van der Waals surface area contributed by atoms with Crippen LogP contribution in [0.2, 0.25) is 0 Å². The van der Waals surface area contributed by atoms with Crippen molar-refractivity contribution in [3.05, 3.63) is 35.4 Å². The van der Waals surface area contributed by atoms with Crippen LogP contribution in [0.4, 0.5) is 0 Å². The van der Waals surface area contributed by atoms with Crippen molar-refractivity contribution < 1.29 is 9.84 Å². The maximum absolute atomic E-state index is 10.3. The number of benzene rings is 1. The van der Waals surface area contributed by atoms with Gasteiger partial charge in [0.05, 0.1) is 12.7 Å². The summed E-state index contributed by atoms with van der Waals surface area (Å²) in [7, 11) is 1.68. The molecule has 1 aromatic rings. The molecule has 0 amide bonds. The van der Waals surface area contributed by atoms with Crippen LogP contribution in [0.15, 0.2) is 24.3 Å². The first-order valence-corrected chi connectivity index (χ1v) is 6.47. The van der Waals surface area contributed by atoms with Gasteiger partial charge in [-0.15, -0.1) is 0 Å². The Morgan fingerprint density at radius 2 is 1.82 bits per heavy atom. The minimum Gasteiger partial charge on any atom is -0.388 e. The third-order valence-corrected chi connectivity index (χ3v) is 3.43. The predicted molar refractivity (Wildman–Crippen MR) is 70.8 cm³/mol. The molecule has 0 aliphatic carbocycles. The lowest BCUT2D eigenvalue weighted by molar-refractivity contribution is 0.134. The maximum Gasteiger partial charge on any atom is 0.0796 e. The Morgan fingerprint density at radius 1 is 1.18 bits per heavy atom. The zero-order chi connectivity index (χ0) is 12.7. The standard InChI is InChI=1S/C15H24O2/c1-4-12(5-2)10-15(16)14-9-7-6-8-13(14)11-17-3/h6-9,12,15-16H,4-5,10-11H2,1-3H3. The van der Waals surface area contributed by atoms with Gasteiger partial charge in [-0.25, -0.2) is 0 Å². The van der Waals surface area contributed by atoms with Crippen molar-refractivity contribution in [1.29, 1.82) is 0 Å². The van der Waals surface area contributed by atoms with Crippen LogP contribution in [0.3, 0.4) is 0 Å². The molecule has 0 radical (unpaired) electrons. The van der Waals surface area contributed by atoms with Gasteiger partial charge in [0.25, 0.3) is 0 Å². The molecule has 1 rings (SSSR count). The van der Waals surface area contributed by atoms with Crippen molar-refractivity contribution >= 4 is 0 Å². The van der Waals surface area contributed by atoms with E-state index in [1.165, 1.54) is 0 Å². The lowest BCUT2D eigenvalue weighted by Crippen LogP contribution is -2.08. The monoisotopic (exact) mass is 236 g/mol. The summed E-state index contributed by atoms with van der Waals surface area (Å²) in [6.45, 7) is 4.93. The molecular formula is C15H24O2. The average molecular weight is 236 g/mol. The van der Waals surface area contributed by atoms with Gasteiger partial charge in [-0.05, 0) is 23.5 Å². The van der Waals surface area contributed by atoms with Crippen molar-refractivity contribution in [2.45, 2.75) is 45.8 Å². The summed E-state index contributed by atoms with van der Waals surface area (Å²) in [5.41, 5.74) is 2.11. The van der Waals surface area contributed by atoms with Crippen LogP contribution in [-0.4, -0.2) is 12.2 Å². The van der Waals surface area contributed by atoms with Gasteiger partial charge in [0.2, 0.25) is 0 Å². The number of hydrogen-bond donors (Lipinski definition) is 1. The van der Waals surface area contributed by atoms with E-state index < -0.39 is 0 Å². The number of aliphatic hydroxyl groups is 1. The van der Waals surface area contributed by atoms with Gasteiger partial charge in [0, 0.05) is 7.11 Å². The summed E-state index contributed by atoms with van der Waals surface area (Å²) in [5, 5.41) is 10.3. The number of methoxy groups -OCH3 is 1. The van der Waals surface area contributed by atoms with E-state index in [9.17, 15) is 5.11 Å². The molecule has 1 aromatic carbocycles. The fraction of sp³-hybridized carbons (Fsp3) is 0.600. The van der Waals surface area contributed by atoms with Crippen LogP contribution in [0, 0.1) is 5.92 Å². The lowest BCUT2D eigenvalue weighted by Gasteiger charge is -2.20. The number of hydrogen-bond acceptors (Lipinski definition) is 2. The van der Waals surface area contributed by atoms with Crippen LogP contribution in [-0.2, 0) is 11.3 Å². The van der Waals surface area contributed by atoms with Gasteiger partial charge in [0.15, 0.2) is 0 Å². The second kappa shape index (κ2) is 7.46. The average Bonchev–Trinajstić information content (AvgIpc) is 2.36. The fourth-order valence-corrected chi connectivity index (χ4v) is 2.21. The smallest absolute Gasteiger partial charge is 0.0796 e. The van der Waals surface area contributed by atoms with Crippen LogP contribution < -0.4 is 0 Å². The Labute approximate surface area is 105 Å². The highest BCUT2D eigenvalue weighted by Gasteiger charge is 2.15. The van der Waals surface area contributed by atoms with E-state index in [0.717, 1.165) is 30.4 Å². The van der Waals surface area contributed by atoms with Crippen molar-refractivity contribution in [1.82, 2.24) is 0 Å². The van der Waals surface area contributed by atoms with E-state index in [4.69, 9.17) is 4.74 Å². The van der Waals surface area contributed by atoms with Crippen molar-refractivity contribution in [3.63, 3.8) is 0 Å². The van der Waals surface area contributed by atoms with E-state index in [-0.39, 0.29) is 6.10 Å². The van der Waals surface area contributed by atoms with Gasteiger partial charge in [0.1, 0.15) is 0 Å². The molecule has 0 aliphatic heterocycles. The first-order valence-electron chi connectivity index (χ1n) is 6.47. The molecule has 0 spiro atoms. The largest absolute Gasteiger partial charge is 0.388 e. The van der Waals surface area contributed by atoms with E-state index >= 15 is 0 Å². The zero-order valence-corrected chi connectivity index (χ0v) is 11.1. The van der Waals surface area contributed by atoms with E-state index in [1.54, 1.807) is 7.11 Å². The molecule has 0 saturated heterocycles. The van der Waals surface area contributed by atoms with Gasteiger partial charge >= 0.3 is 0 Å². The first-order chi connectivity index (χ1) is 8.22. The second-order valence-electron chi connectivity index (χ2n) is 4.57. The van der Waals surface area contributed by atoms with Crippen LogP contribution >= 0.6 is 0 Å². The van der Waals surface area contributed by atoms with E-state index in [1.807, 2.05) is 24.3 Å². The Kier molecular flexibility index (Phi) is 6.23. The first kappa shape index (κ1) is 14.2. The van der Waals surface area contributed by atoms with Gasteiger partial charge in [-0.1, -0.05) is 51.0 Å². The molecule has 2 nitrogen and oxygen atoms in total. The van der Waals surface area contributed by atoms with Gasteiger partial charge in [-0.2, -0.15) is 0 Å². The molecule has 0 aromatic heterocycles. The van der Waals surface area contributed by atoms with E-state index in [0.29, 0.717) is 12.5 Å². The van der Waals surface area contributed by atoms with Crippen LogP contribution in [0.25, 0.3) is 0 Å². The quantitative estimate of drug-likeness (QED) is 0.782. The number of ether oxygens (including phenoxy) is 1. The van der Waals surface area contributed by atoms with Crippen molar-refractivity contribution in [3.8, 4) is 0 Å². The molecule has 1 atom stereocenters. The summed E-state index contributed by atoms with van der Waals surface area (Å²) < 4.78 is 5.17. The highest BCUT2D eigenvalue weighted by Crippen LogP contribution is 2.27. The van der Waals surface area contributed by atoms with Gasteiger partial charge in [-0.3, -0.25) is 0 Å². The SMILES string of the molecule is CCC(CC)CC(O)c1ccccc1COC. The van der Waals surface area contributed by atoms with Crippen LogP contribution in [0.5, 0.6) is 0 Å². The minimum absolute atomic E-state index is 0.369. The molecule has 96 valence electrons. The summed E-state index contributed by atoms with van der Waals surface area (Å²) in [6, 6.07) is 7.99. The Balaban J connectivity index is 2.76. The minimum atomic E-state index is -0.369. The number of aliphatic hydroxyl groups excluding tert-OH is 1. The van der Waals surface area contributed by atoms with Gasteiger partial charge < -0.3 is 9.84 Å². The summed E-state index contributed by atoms with van der Waals surface area (Å²) in [4.78, 5) is 0. The zero-order valence-electron chi connectivity index (χ0n) is 11.1. The highest BCUT2D eigenvalue weighted by atomic mass is 16.5. The molecule has 0 saturated carbocycles. The molecule has 0 aliphatic rings.